The quantitative estimate of drug-likeness (QED) is 0.455. The van der Waals surface area contributed by atoms with Gasteiger partial charge in [0.15, 0.2) is 0 Å². The van der Waals surface area contributed by atoms with Gasteiger partial charge in [0, 0.05) is 12.6 Å². The summed E-state index contributed by atoms with van der Waals surface area (Å²) in [6.07, 6.45) is 0. The third-order valence-electron chi connectivity index (χ3n) is 4.71. The van der Waals surface area contributed by atoms with E-state index in [1.807, 2.05) is 54.6 Å². The predicted octanol–water partition coefficient (Wildman–Crippen LogP) is 4.35. The molecular weight excluding hydrogens is 411 g/mol. The van der Waals surface area contributed by atoms with E-state index in [2.05, 4.69) is 15.6 Å². The SMILES string of the molecule is CC(=O)Nc1cc(NC(=O)Cn2c(COc3ccccc3)nc3ccccc32)ccc1F. The number of aromatic nitrogens is 2. The number of fused-ring (bicyclic) bond motifs is 1. The normalized spacial score (nSPS) is 10.7. The zero-order chi connectivity index (χ0) is 22.5. The van der Waals surface area contributed by atoms with Crippen molar-refractivity contribution < 1.29 is 18.7 Å². The molecule has 0 unspecified atom stereocenters. The Bertz CT molecular complexity index is 1270. The van der Waals surface area contributed by atoms with Crippen LogP contribution in [0.25, 0.3) is 11.0 Å². The predicted molar refractivity (Wildman–Crippen MR) is 120 cm³/mol. The fourth-order valence-electron chi connectivity index (χ4n) is 3.31. The van der Waals surface area contributed by atoms with Gasteiger partial charge in [-0.2, -0.15) is 0 Å². The van der Waals surface area contributed by atoms with E-state index in [0.29, 0.717) is 17.3 Å². The first-order valence-electron chi connectivity index (χ1n) is 9.98. The summed E-state index contributed by atoms with van der Waals surface area (Å²) in [5.74, 6) is -0.00965. The smallest absolute Gasteiger partial charge is 0.244 e. The van der Waals surface area contributed by atoms with Crippen molar-refractivity contribution in [1.82, 2.24) is 9.55 Å². The van der Waals surface area contributed by atoms with Gasteiger partial charge in [0.1, 0.15) is 30.5 Å². The molecule has 0 spiro atoms. The molecule has 2 amide bonds. The fraction of sp³-hybridized carbons (Fsp3) is 0.125. The first-order valence-corrected chi connectivity index (χ1v) is 9.98. The highest BCUT2D eigenvalue weighted by atomic mass is 19.1. The Kier molecular flexibility index (Phi) is 6.12. The Morgan fingerprint density at radius 3 is 2.53 bits per heavy atom. The van der Waals surface area contributed by atoms with Crippen LogP contribution in [0.15, 0.2) is 72.8 Å². The largest absolute Gasteiger partial charge is 0.486 e. The van der Waals surface area contributed by atoms with Crippen LogP contribution >= 0.6 is 0 Å². The summed E-state index contributed by atoms with van der Waals surface area (Å²) in [7, 11) is 0. The summed E-state index contributed by atoms with van der Waals surface area (Å²) in [6.45, 7) is 1.46. The van der Waals surface area contributed by atoms with Crippen LogP contribution in [0.3, 0.4) is 0 Å². The molecular formula is C24H21FN4O3. The number of rotatable bonds is 7. The molecule has 3 aromatic carbocycles. The molecule has 0 fully saturated rings. The molecule has 7 nitrogen and oxygen atoms in total. The number of hydrogen-bond acceptors (Lipinski definition) is 4. The van der Waals surface area contributed by atoms with Crippen molar-refractivity contribution in [2.45, 2.75) is 20.1 Å². The van der Waals surface area contributed by atoms with Crippen LogP contribution in [-0.2, 0) is 22.7 Å². The van der Waals surface area contributed by atoms with Gasteiger partial charge in [-0.05, 0) is 42.5 Å². The number of nitrogens with one attached hydrogen (secondary N) is 2. The maximum absolute atomic E-state index is 13.9. The van der Waals surface area contributed by atoms with Gasteiger partial charge in [0.05, 0.1) is 16.7 Å². The van der Waals surface area contributed by atoms with Crippen molar-refractivity contribution in [3.8, 4) is 5.75 Å². The number of nitrogens with zero attached hydrogens (tertiary/aromatic N) is 2. The highest BCUT2D eigenvalue weighted by molar-refractivity contribution is 5.94. The Balaban J connectivity index is 1.54. The molecule has 0 saturated carbocycles. The molecule has 0 aliphatic carbocycles. The summed E-state index contributed by atoms with van der Waals surface area (Å²) in [5, 5.41) is 5.14. The Hall–Kier alpha value is -4.20. The number of imidazole rings is 1. The summed E-state index contributed by atoms with van der Waals surface area (Å²) in [5.41, 5.74) is 1.92. The van der Waals surface area contributed by atoms with Gasteiger partial charge < -0.3 is 19.9 Å². The van der Waals surface area contributed by atoms with Crippen molar-refractivity contribution in [2.75, 3.05) is 10.6 Å². The molecule has 0 bridgehead atoms. The van der Waals surface area contributed by atoms with Gasteiger partial charge in [-0.3, -0.25) is 9.59 Å². The molecule has 0 radical (unpaired) electrons. The average molecular weight is 432 g/mol. The molecule has 4 aromatic rings. The number of halogens is 1. The van der Waals surface area contributed by atoms with Gasteiger partial charge in [-0.25, -0.2) is 9.37 Å². The van der Waals surface area contributed by atoms with E-state index < -0.39 is 11.7 Å². The Morgan fingerprint density at radius 2 is 1.75 bits per heavy atom. The van der Waals surface area contributed by atoms with E-state index in [9.17, 15) is 14.0 Å². The van der Waals surface area contributed by atoms with Gasteiger partial charge in [-0.15, -0.1) is 0 Å². The molecule has 0 saturated heterocycles. The monoisotopic (exact) mass is 432 g/mol. The maximum atomic E-state index is 13.9. The number of carbonyl (C=O) groups excluding carboxylic acids is 2. The summed E-state index contributed by atoms with van der Waals surface area (Å²) in [4.78, 5) is 28.6. The number of carbonyl (C=O) groups is 2. The van der Waals surface area contributed by atoms with E-state index in [4.69, 9.17) is 4.74 Å². The lowest BCUT2D eigenvalue weighted by molar-refractivity contribution is -0.117. The van der Waals surface area contributed by atoms with E-state index in [1.165, 1.54) is 25.1 Å². The lowest BCUT2D eigenvalue weighted by atomic mass is 10.2. The van der Waals surface area contributed by atoms with Gasteiger partial charge in [0.2, 0.25) is 11.8 Å². The minimum absolute atomic E-state index is 0.000306. The fourth-order valence-corrected chi connectivity index (χ4v) is 3.31. The molecule has 0 aliphatic rings. The molecule has 1 aromatic heterocycles. The molecule has 0 aliphatic heterocycles. The second kappa shape index (κ2) is 9.30. The number of benzene rings is 3. The van der Waals surface area contributed by atoms with Crippen LogP contribution in [0.2, 0.25) is 0 Å². The van der Waals surface area contributed by atoms with Crippen LogP contribution in [-0.4, -0.2) is 21.4 Å². The van der Waals surface area contributed by atoms with Crippen LogP contribution in [0.1, 0.15) is 12.7 Å². The number of amides is 2. The first-order chi connectivity index (χ1) is 15.5. The lowest BCUT2D eigenvalue weighted by Gasteiger charge is -2.12. The zero-order valence-corrected chi connectivity index (χ0v) is 17.3. The number of anilines is 2. The first kappa shape index (κ1) is 21.0. The van der Waals surface area contributed by atoms with Crippen LogP contribution in [0, 0.1) is 5.82 Å². The molecule has 0 atom stereocenters. The standard InChI is InChI=1S/C24H21FN4O3/c1-16(30)26-21-13-17(11-12-19(21)25)27-24(31)14-29-22-10-6-5-9-20(22)28-23(29)15-32-18-7-3-2-4-8-18/h2-13H,14-15H2,1H3,(H,26,30)(H,27,31). The van der Waals surface area contributed by atoms with Crippen molar-refractivity contribution in [3.63, 3.8) is 0 Å². The number of ether oxygens (including phenoxy) is 1. The maximum Gasteiger partial charge on any atom is 0.244 e. The molecule has 8 heteroatoms. The highest BCUT2D eigenvalue weighted by Crippen LogP contribution is 2.21. The third kappa shape index (κ3) is 4.92. The molecule has 4 rings (SSSR count). The minimum Gasteiger partial charge on any atom is -0.486 e. The lowest BCUT2D eigenvalue weighted by Crippen LogP contribution is -2.21. The molecule has 32 heavy (non-hydrogen) atoms. The number of hydrogen-bond donors (Lipinski definition) is 2. The highest BCUT2D eigenvalue weighted by Gasteiger charge is 2.15. The average Bonchev–Trinajstić information content (AvgIpc) is 3.12. The van der Waals surface area contributed by atoms with Crippen molar-refractivity contribution >= 4 is 34.2 Å². The zero-order valence-electron chi connectivity index (χ0n) is 17.3. The summed E-state index contributed by atoms with van der Waals surface area (Å²) >= 11 is 0. The second-order valence-electron chi connectivity index (χ2n) is 7.13. The van der Waals surface area contributed by atoms with Gasteiger partial charge in [-0.1, -0.05) is 30.3 Å². The van der Waals surface area contributed by atoms with Gasteiger partial charge in [0.25, 0.3) is 0 Å². The van der Waals surface area contributed by atoms with E-state index in [-0.39, 0.29) is 24.7 Å². The molecule has 162 valence electrons. The second-order valence-corrected chi connectivity index (χ2v) is 7.13. The molecule has 1 heterocycles. The van der Waals surface area contributed by atoms with Crippen molar-refractivity contribution in [2.24, 2.45) is 0 Å². The summed E-state index contributed by atoms with van der Waals surface area (Å²) in [6, 6.07) is 20.9. The summed E-state index contributed by atoms with van der Waals surface area (Å²) < 4.78 is 21.5. The van der Waals surface area contributed by atoms with Crippen LogP contribution in [0.5, 0.6) is 5.75 Å². The topological polar surface area (TPSA) is 85.2 Å². The van der Waals surface area contributed by atoms with Gasteiger partial charge >= 0.3 is 0 Å². The van der Waals surface area contributed by atoms with Crippen molar-refractivity contribution in [1.29, 1.82) is 0 Å². The third-order valence-corrected chi connectivity index (χ3v) is 4.71. The minimum atomic E-state index is -0.584. The number of para-hydroxylation sites is 3. The van der Waals surface area contributed by atoms with E-state index >= 15 is 0 Å². The Labute approximate surface area is 183 Å². The van der Waals surface area contributed by atoms with E-state index in [0.717, 1.165) is 11.0 Å². The van der Waals surface area contributed by atoms with E-state index in [1.54, 1.807) is 4.57 Å². The molecule has 2 N–H and O–H groups in total. The Morgan fingerprint density at radius 1 is 1.00 bits per heavy atom. The van der Waals surface area contributed by atoms with Crippen LogP contribution < -0.4 is 15.4 Å². The van der Waals surface area contributed by atoms with Crippen molar-refractivity contribution in [3.05, 3.63) is 84.4 Å². The van der Waals surface area contributed by atoms with Crippen LogP contribution in [0.4, 0.5) is 15.8 Å².